The third-order valence-electron chi connectivity index (χ3n) is 5.87. The third kappa shape index (κ3) is 3.11. The Morgan fingerprint density at radius 2 is 2.04 bits per heavy atom. The van der Waals surface area contributed by atoms with Gasteiger partial charge in [-0.2, -0.15) is 0 Å². The van der Waals surface area contributed by atoms with E-state index in [4.69, 9.17) is 0 Å². The molecule has 0 bridgehead atoms. The number of rotatable bonds is 2. The highest BCUT2D eigenvalue weighted by atomic mass is 16.2. The van der Waals surface area contributed by atoms with Crippen LogP contribution in [-0.2, 0) is 17.8 Å². The summed E-state index contributed by atoms with van der Waals surface area (Å²) in [4.78, 5) is 25.8. The van der Waals surface area contributed by atoms with Crippen LogP contribution in [0.3, 0.4) is 0 Å². The normalized spacial score (nSPS) is 28.1. The second-order valence-electron chi connectivity index (χ2n) is 7.30. The monoisotopic (exact) mass is 314 g/mol. The molecule has 5 nitrogen and oxygen atoms in total. The van der Waals surface area contributed by atoms with Gasteiger partial charge in [0.15, 0.2) is 0 Å². The molecule has 0 radical (unpaired) electrons. The first kappa shape index (κ1) is 15.1. The molecule has 0 aromatic carbocycles. The zero-order chi connectivity index (χ0) is 15.6. The quantitative estimate of drug-likeness (QED) is 0.838. The predicted molar refractivity (Wildman–Crippen MR) is 87.7 cm³/mol. The van der Waals surface area contributed by atoms with Crippen molar-refractivity contribution in [2.75, 3.05) is 19.6 Å². The van der Waals surface area contributed by atoms with Crippen LogP contribution in [0.5, 0.6) is 0 Å². The van der Waals surface area contributed by atoms with E-state index < -0.39 is 0 Å². The standard InChI is InChI=1S/C18H26N4O/c23-18(22-8-3-5-14-4-1-2-6-17(14)22)12-21-9-7-15-10-19-13-20-16(15)11-21/h10,13-14,17H,1-9,11-12H2. The van der Waals surface area contributed by atoms with E-state index in [1.54, 1.807) is 6.33 Å². The zero-order valence-corrected chi connectivity index (χ0v) is 13.8. The molecular formula is C18H26N4O. The Labute approximate surface area is 138 Å². The first-order chi connectivity index (χ1) is 11.3. The van der Waals surface area contributed by atoms with Crippen LogP contribution in [0.25, 0.3) is 0 Å². The molecule has 1 aromatic rings. The summed E-state index contributed by atoms with van der Waals surface area (Å²) in [6.07, 6.45) is 12.2. The molecule has 1 aliphatic carbocycles. The topological polar surface area (TPSA) is 49.3 Å². The smallest absolute Gasteiger partial charge is 0.237 e. The van der Waals surface area contributed by atoms with Crippen molar-refractivity contribution in [1.82, 2.24) is 19.8 Å². The number of piperidine rings is 1. The summed E-state index contributed by atoms with van der Waals surface area (Å²) < 4.78 is 0. The molecule has 2 unspecified atom stereocenters. The summed E-state index contributed by atoms with van der Waals surface area (Å²) in [7, 11) is 0. The van der Waals surface area contributed by atoms with Gasteiger partial charge < -0.3 is 4.90 Å². The third-order valence-corrected chi connectivity index (χ3v) is 5.87. The number of hydrogen-bond donors (Lipinski definition) is 0. The van der Waals surface area contributed by atoms with E-state index in [1.807, 2.05) is 6.20 Å². The van der Waals surface area contributed by atoms with Gasteiger partial charge in [-0.3, -0.25) is 9.69 Å². The first-order valence-corrected chi connectivity index (χ1v) is 9.11. The molecule has 3 aliphatic rings. The van der Waals surface area contributed by atoms with Crippen LogP contribution >= 0.6 is 0 Å². The molecule has 1 aromatic heterocycles. The van der Waals surface area contributed by atoms with Crippen molar-refractivity contribution >= 4 is 5.91 Å². The summed E-state index contributed by atoms with van der Waals surface area (Å²) in [6.45, 7) is 3.23. The van der Waals surface area contributed by atoms with Crippen LogP contribution in [0, 0.1) is 5.92 Å². The molecule has 1 saturated heterocycles. The van der Waals surface area contributed by atoms with E-state index in [1.165, 1.54) is 44.1 Å². The van der Waals surface area contributed by atoms with Crippen molar-refractivity contribution in [2.45, 2.75) is 57.5 Å². The number of amides is 1. The molecule has 0 spiro atoms. The van der Waals surface area contributed by atoms with Gasteiger partial charge in [-0.25, -0.2) is 9.97 Å². The molecule has 2 fully saturated rings. The average Bonchev–Trinajstić information content (AvgIpc) is 2.61. The van der Waals surface area contributed by atoms with Crippen LogP contribution < -0.4 is 0 Å². The highest BCUT2D eigenvalue weighted by molar-refractivity contribution is 5.78. The molecule has 124 valence electrons. The Bertz CT molecular complexity index is 574. The molecule has 1 saturated carbocycles. The lowest BCUT2D eigenvalue weighted by atomic mass is 9.78. The van der Waals surface area contributed by atoms with Crippen molar-refractivity contribution in [3.63, 3.8) is 0 Å². The van der Waals surface area contributed by atoms with Gasteiger partial charge in [-0.05, 0) is 43.6 Å². The predicted octanol–water partition coefficient (Wildman–Crippen LogP) is 2.02. The second-order valence-corrected chi connectivity index (χ2v) is 7.30. The fraction of sp³-hybridized carbons (Fsp3) is 0.722. The van der Waals surface area contributed by atoms with Crippen molar-refractivity contribution < 1.29 is 4.79 Å². The summed E-state index contributed by atoms with van der Waals surface area (Å²) in [5.74, 6) is 1.09. The zero-order valence-electron chi connectivity index (χ0n) is 13.8. The molecule has 1 amide bonds. The lowest BCUT2D eigenvalue weighted by Crippen LogP contribution is -2.52. The minimum Gasteiger partial charge on any atom is -0.338 e. The number of hydrogen-bond acceptors (Lipinski definition) is 4. The van der Waals surface area contributed by atoms with Crippen LogP contribution in [0.15, 0.2) is 12.5 Å². The number of aromatic nitrogens is 2. The van der Waals surface area contributed by atoms with Gasteiger partial charge in [-0.15, -0.1) is 0 Å². The van der Waals surface area contributed by atoms with Crippen LogP contribution in [0.2, 0.25) is 0 Å². The maximum atomic E-state index is 12.9. The largest absolute Gasteiger partial charge is 0.338 e. The second kappa shape index (κ2) is 6.56. The van der Waals surface area contributed by atoms with E-state index in [-0.39, 0.29) is 0 Å². The molecule has 3 heterocycles. The van der Waals surface area contributed by atoms with Gasteiger partial charge in [0, 0.05) is 31.9 Å². The Morgan fingerprint density at radius 3 is 3.00 bits per heavy atom. The fourth-order valence-electron chi connectivity index (χ4n) is 4.66. The number of carbonyl (C=O) groups excluding carboxylic acids is 1. The van der Waals surface area contributed by atoms with Gasteiger partial charge in [0.1, 0.15) is 6.33 Å². The van der Waals surface area contributed by atoms with Crippen LogP contribution in [0.4, 0.5) is 0 Å². The lowest BCUT2D eigenvalue weighted by Gasteiger charge is -2.44. The van der Waals surface area contributed by atoms with Crippen molar-refractivity contribution in [3.05, 3.63) is 23.8 Å². The molecule has 2 atom stereocenters. The van der Waals surface area contributed by atoms with E-state index in [9.17, 15) is 4.79 Å². The summed E-state index contributed by atoms with van der Waals surface area (Å²) >= 11 is 0. The molecule has 23 heavy (non-hydrogen) atoms. The van der Waals surface area contributed by atoms with Crippen molar-refractivity contribution in [2.24, 2.45) is 5.92 Å². The minimum absolute atomic E-state index is 0.333. The molecule has 5 heteroatoms. The molecule has 2 aliphatic heterocycles. The lowest BCUT2D eigenvalue weighted by molar-refractivity contribution is -0.139. The maximum Gasteiger partial charge on any atom is 0.237 e. The van der Waals surface area contributed by atoms with E-state index >= 15 is 0 Å². The van der Waals surface area contributed by atoms with E-state index in [0.717, 1.165) is 37.7 Å². The number of fused-ring (bicyclic) bond motifs is 2. The summed E-state index contributed by atoms with van der Waals surface area (Å²) in [5, 5.41) is 0. The van der Waals surface area contributed by atoms with Gasteiger partial charge in [0.25, 0.3) is 0 Å². The Hall–Kier alpha value is -1.49. The van der Waals surface area contributed by atoms with Gasteiger partial charge in [0.05, 0.1) is 12.2 Å². The molecule has 0 N–H and O–H groups in total. The van der Waals surface area contributed by atoms with Gasteiger partial charge in [-0.1, -0.05) is 12.8 Å². The van der Waals surface area contributed by atoms with Crippen molar-refractivity contribution in [3.8, 4) is 0 Å². The highest BCUT2D eigenvalue weighted by Gasteiger charge is 2.36. The Kier molecular flexibility index (Phi) is 4.29. The highest BCUT2D eigenvalue weighted by Crippen LogP contribution is 2.35. The van der Waals surface area contributed by atoms with Crippen LogP contribution in [-0.4, -0.2) is 51.4 Å². The van der Waals surface area contributed by atoms with Gasteiger partial charge in [0.2, 0.25) is 5.91 Å². The maximum absolute atomic E-state index is 12.9. The summed E-state index contributed by atoms with van der Waals surface area (Å²) in [6, 6.07) is 0.518. The number of nitrogens with zero attached hydrogens (tertiary/aromatic N) is 4. The Morgan fingerprint density at radius 1 is 1.17 bits per heavy atom. The number of likely N-dealkylation sites (tertiary alicyclic amines) is 1. The fourth-order valence-corrected chi connectivity index (χ4v) is 4.66. The molecular weight excluding hydrogens is 288 g/mol. The van der Waals surface area contributed by atoms with Gasteiger partial charge >= 0.3 is 0 Å². The summed E-state index contributed by atoms with van der Waals surface area (Å²) in [5.41, 5.74) is 2.33. The van der Waals surface area contributed by atoms with E-state index in [2.05, 4.69) is 19.8 Å². The molecule has 4 rings (SSSR count). The van der Waals surface area contributed by atoms with Crippen LogP contribution in [0.1, 0.15) is 49.8 Å². The minimum atomic E-state index is 0.333. The Balaban J connectivity index is 1.40. The van der Waals surface area contributed by atoms with E-state index in [0.29, 0.717) is 18.5 Å². The number of carbonyl (C=O) groups is 1. The first-order valence-electron chi connectivity index (χ1n) is 9.11. The van der Waals surface area contributed by atoms with Crippen molar-refractivity contribution in [1.29, 1.82) is 0 Å². The average molecular weight is 314 g/mol. The SMILES string of the molecule is O=C(CN1CCc2cncnc2C1)N1CCCC2CCCCC21.